The van der Waals surface area contributed by atoms with Crippen molar-refractivity contribution in [1.29, 1.82) is 0 Å². The van der Waals surface area contributed by atoms with Gasteiger partial charge in [0, 0.05) is 18.2 Å². The summed E-state index contributed by atoms with van der Waals surface area (Å²) in [4.78, 5) is 47.3. The zero-order chi connectivity index (χ0) is 52.0. The summed E-state index contributed by atoms with van der Waals surface area (Å²) in [7, 11) is 4.64. The van der Waals surface area contributed by atoms with Crippen LogP contribution in [-0.4, -0.2) is 113 Å². The number of halogens is 6. The number of esters is 2. The summed E-state index contributed by atoms with van der Waals surface area (Å²) in [6.07, 6.45) is 4.15. The van der Waals surface area contributed by atoms with Crippen molar-refractivity contribution in [3.05, 3.63) is 101 Å². The SMILES string of the molecule is CCOC(=O)c1nc(Br)n2c1CCc1cc(OC)c(O)cc1-2.CCOC(=O)c1nc(Br)n2c1CCc1cc(OC)c(OC(C)C)cc1-2.COc1cc2c(cc1O)-n1c(Br)nc(C(=O)O)c1CC2.ClB(Cl)Cl.[K+].[OH-]. The number of rotatable bonds is 10. The quantitative estimate of drug-likeness (QED) is 0.0923. The first-order valence-corrected chi connectivity index (χ1v) is 25.5. The molecule has 4 N–H and O–H groups in total. The van der Waals surface area contributed by atoms with E-state index in [1.54, 1.807) is 43.7 Å². The molecule has 386 valence electrons. The molecule has 73 heavy (non-hydrogen) atoms. The first-order chi connectivity index (χ1) is 33.8. The van der Waals surface area contributed by atoms with E-state index < -0.39 is 22.9 Å². The van der Waals surface area contributed by atoms with E-state index in [9.17, 15) is 29.7 Å². The van der Waals surface area contributed by atoms with Crippen LogP contribution in [0.25, 0.3) is 17.1 Å². The number of aromatic carboxylic acids is 1. The standard InChI is InChI=1S/C18H21BrN2O4.C15H15BrN2O4.C13H11BrN2O4.BCl3.K.H2O/c1-5-24-17(22)16-12-7-6-11-8-14(23-4)15(25-10(2)3)9-13(11)21(12)18(19)20-16;1-3-22-14(20)13-9-5-4-8-6-12(21-2)11(19)7-10(8)18(9)15(16)17-13;1-20-10-4-6-2-3-7-11(12(18)19)15-13(14)16(7)8(6)5-9(10)17;2-1(3)4;;/h8-10H,5-7H2,1-4H3;6-7,19H,3-5H2,1-2H3;4-5,17H,2-3H2,1H3,(H,18,19);;;1H2/q;;;;+1;/p-1. The van der Waals surface area contributed by atoms with Gasteiger partial charge in [-0.05, 0) is 149 Å². The van der Waals surface area contributed by atoms with Gasteiger partial charge in [0.1, 0.15) is 0 Å². The third-order valence-electron chi connectivity index (χ3n) is 11.0. The van der Waals surface area contributed by atoms with E-state index in [1.807, 2.05) is 41.2 Å². The number of benzene rings is 3. The van der Waals surface area contributed by atoms with Crippen molar-refractivity contribution >= 4 is 105 Å². The number of aromatic hydroxyl groups is 2. The molecule has 0 atom stereocenters. The second-order valence-corrected chi connectivity index (χ2v) is 19.7. The summed E-state index contributed by atoms with van der Waals surface area (Å²) in [5.41, 5.74) is 8.53. The number of imidazole rings is 3. The number of nitrogens with zero attached hydrogens (tertiary/aromatic N) is 6. The molecule has 19 nitrogen and oxygen atoms in total. The molecule has 9 rings (SSSR count). The molecule has 0 aliphatic carbocycles. The fourth-order valence-electron chi connectivity index (χ4n) is 8.20. The molecule has 0 spiro atoms. The Balaban J connectivity index is 0.000000227. The number of fused-ring (bicyclic) bond motifs is 9. The monoisotopic (exact) mass is 1280 g/mol. The predicted molar refractivity (Wildman–Crippen MR) is 279 cm³/mol. The van der Waals surface area contributed by atoms with Gasteiger partial charge in [-0.2, -0.15) is 34.4 Å². The number of carboxylic acid groups (broad SMARTS) is 1. The van der Waals surface area contributed by atoms with Crippen molar-refractivity contribution in [2.24, 2.45) is 0 Å². The largest absolute Gasteiger partial charge is 1.00 e. The molecule has 0 bridgehead atoms. The number of phenolic OH excluding ortho intramolecular Hbond substituents is 2. The van der Waals surface area contributed by atoms with Crippen LogP contribution in [0.2, 0.25) is 0 Å². The van der Waals surface area contributed by atoms with Gasteiger partial charge in [0.2, 0.25) is 0 Å². The van der Waals surface area contributed by atoms with Crippen molar-refractivity contribution in [2.75, 3.05) is 34.5 Å². The summed E-state index contributed by atoms with van der Waals surface area (Å²) >= 11 is 24.6. The van der Waals surface area contributed by atoms with E-state index in [-0.39, 0.29) is 80.2 Å². The Labute approximate surface area is 503 Å². The van der Waals surface area contributed by atoms with E-state index in [2.05, 4.69) is 62.7 Å². The van der Waals surface area contributed by atoms with Crippen LogP contribution >= 0.6 is 82.2 Å². The maximum atomic E-state index is 12.2. The summed E-state index contributed by atoms with van der Waals surface area (Å²) in [5.74, 6) is 0.390. The van der Waals surface area contributed by atoms with E-state index in [0.717, 1.165) is 58.0 Å². The third-order valence-corrected chi connectivity index (χ3v) is 12.6. The number of phenols is 2. The summed E-state index contributed by atoms with van der Waals surface area (Å²) in [6.45, 7) is 8.11. The molecule has 0 radical (unpaired) electrons. The van der Waals surface area contributed by atoms with Gasteiger partial charge in [0.15, 0.2) is 65.8 Å². The molecule has 0 fully saturated rings. The molecule has 27 heteroatoms. The maximum Gasteiger partial charge on any atom is 1.00 e. The zero-order valence-corrected chi connectivity index (χ0v) is 50.8. The first kappa shape index (κ1) is 62.0. The molecule has 3 aliphatic rings. The van der Waals surface area contributed by atoms with Gasteiger partial charge in [-0.3, -0.25) is 13.7 Å². The number of aromatic nitrogens is 6. The van der Waals surface area contributed by atoms with Crippen molar-refractivity contribution in [1.82, 2.24) is 28.7 Å². The van der Waals surface area contributed by atoms with Crippen molar-refractivity contribution in [3.8, 4) is 51.6 Å². The van der Waals surface area contributed by atoms with Crippen LogP contribution in [0.5, 0.6) is 34.5 Å². The van der Waals surface area contributed by atoms with Gasteiger partial charge in [0.25, 0.3) is 0 Å². The molecule has 3 aromatic carbocycles. The Bertz CT molecular complexity index is 2990. The number of carbonyl (C=O) groups is 3. The van der Waals surface area contributed by atoms with E-state index in [1.165, 1.54) is 14.2 Å². The van der Waals surface area contributed by atoms with Gasteiger partial charge < -0.3 is 49.2 Å². The van der Waals surface area contributed by atoms with E-state index >= 15 is 0 Å². The first-order valence-electron chi connectivity index (χ1n) is 21.8. The molecule has 6 heterocycles. The van der Waals surface area contributed by atoms with Crippen molar-refractivity contribution < 1.29 is 115 Å². The molecule has 0 saturated carbocycles. The molecular weight excluding hydrogens is 1240 g/mol. The van der Waals surface area contributed by atoms with Gasteiger partial charge in [0.05, 0.1) is 74.8 Å². The second-order valence-electron chi connectivity index (χ2n) is 15.6. The van der Waals surface area contributed by atoms with Crippen LogP contribution in [0.15, 0.2) is 50.6 Å². The summed E-state index contributed by atoms with van der Waals surface area (Å²) in [5, 5.41) is 29.1. The van der Waals surface area contributed by atoms with E-state index in [4.69, 9.17) is 62.8 Å². The van der Waals surface area contributed by atoms with Crippen LogP contribution < -0.4 is 70.3 Å². The van der Waals surface area contributed by atoms with Gasteiger partial charge in [-0.25, -0.2) is 29.3 Å². The minimum absolute atomic E-state index is 0. The Morgan fingerprint density at radius 1 is 0.603 bits per heavy atom. The zero-order valence-electron chi connectivity index (χ0n) is 40.7. The Hall–Kier alpha value is -3.53. The van der Waals surface area contributed by atoms with Crippen LogP contribution in [0.3, 0.4) is 0 Å². The third kappa shape index (κ3) is 13.9. The number of carboxylic acids is 1. The Morgan fingerprint density at radius 3 is 1.26 bits per heavy atom. The molecule has 3 aliphatic heterocycles. The molecule has 6 aromatic rings. The van der Waals surface area contributed by atoms with E-state index in [0.29, 0.717) is 93.2 Å². The Kier molecular flexibility index (Phi) is 23.4. The van der Waals surface area contributed by atoms with Gasteiger partial charge in [-0.1, -0.05) is 0 Å². The molecule has 0 amide bonds. The number of carbonyl (C=O) groups excluding carboxylic acids is 2. The van der Waals surface area contributed by atoms with Crippen LogP contribution in [0.4, 0.5) is 0 Å². The second kappa shape index (κ2) is 27.5. The molecule has 0 saturated heterocycles. The van der Waals surface area contributed by atoms with Crippen molar-refractivity contribution in [3.63, 3.8) is 0 Å². The van der Waals surface area contributed by atoms with Crippen LogP contribution in [-0.2, 0) is 48.0 Å². The van der Waals surface area contributed by atoms with Crippen LogP contribution in [0, 0.1) is 0 Å². The molecular formula is C46H48BBr3Cl3KN6O13. The van der Waals surface area contributed by atoms with Crippen LogP contribution in [0.1, 0.15) is 92.9 Å². The number of ether oxygens (including phenoxy) is 6. The minimum atomic E-state index is -1.05. The molecule has 3 aromatic heterocycles. The smallest absolute Gasteiger partial charge is 0.870 e. The average molecular weight is 1290 g/mol. The topological polar surface area (TPSA) is 251 Å². The number of hydrogen-bond acceptors (Lipinski definition) is 15. The maximum absolute atomic E-state index is 12.2. The van der Waals surface area contributed by atoms with Gasteiger partial charge >= 0.3 is 74.3 Å². The average Bonchev–Trinajstić information content (AvgIpc) is 3.98. The summed E-state index contributed by atoms with van der Waals surface area (Å²) in [6, 6.07) is 10.7. The Morgan fingerprint density at radius 2 is 0.932 bits per heavy atom. The fourth-order valence-corrected chi connectivity index (χ4v) is 9.95. The van der Waals surface area contributed by atoms with Gasteiger partial charge in [-0.15, -0.1) is 0 Å². The number of aryl methyl sites for hydroxylation is 3. The van der Waals surface area contributed by atoms with Crippen molar-refractivity contribution in [2.45, 2.75) is 72.3 Å². The fraction of sp³-hybridized carbons (Fsp3) is 0.348. The summed E-state index contributed by atoms with van der Waals surface area (Å²) < 4.78 is 38.7. The normalized spacial score (nSPS) is 11.9. The predicted octanol–water partition coefficient (Wildman–Crippen LogP) is 6.99. The number of hydrogen-bond donors (Lipinski definition) is 3. The minimum Gasteiger partial charge on any atom is -0.870 e. The number of methoxy groups -OCH3 is 3. The molecule has 0 unspecified atom stereocenters.